The van der Waals surface area contributed by atoms with Gasteiger partial charge in [0.1, 0.15) is 11.5 Å². The van der Waals surface area contributed by atoms with Gasteiger partial charge < -0.3 is 19.3 Å². The van der Waals surface area contributed by atoms with E-state index in [1.807, 2.05) is 37.8 Å². The Balaban J connectivity index is 0.000000262. The third kappa shape index (κ3) is 20.6. The molecule has 0 aliphatic heterocycles. The molecule has 12 nitrogen and oxygen atoms in total. The summed E-state index contributed by atoms with van der Waals surface area (Å²) >= 11 is 3.78. The van der Waals surface area contributed by atoms with E-state index < -0.39 is 0 Å². The van der Waals surface area contributed by atoms with Gasteiger partial charge in [0.05, 0.1) is 46.7 Å². The Hall–Kier alpha value is -5.86. The van der Waals surface area contributed by atoms with Crippen molar-refractivity contribution < 1.29 is 9.47 Å². The fourth-order valence-corrected chi connectivity index (χ4v) is 14.7. The SMILES string of the molecule is CCCCCCCCN(CCCCCCCC)c1ccc(/C=c2/c(C(C)(C)C)nn3c(-c4cc(C(CC)CC)ccc4OC)nnc23)s1.CCCCCCCCN(CCCCCCCC)c1ccc(/C=c2/c(C(C)(C)C)nn3c(-c4cc(C)ccc4OC)nnc23)s1. The Labute approximate surface area is 563 Å². The molecule has 8 rings (SSSR count). The summed E-state index contributed by atoms with van der Waals surface area (Å²) in [6.07, 6.45) is 38.6. The smallest absolute Gasteiger partial charge is 0.189 e. The first-order valence-electron chi connectivity index (χ1n) is 36.1. The van der Waals surface area contributed by atoms with Gasteiger partial charge in [-0.15, -0.1) is 43.1 Å². The van der Waals surface area contributed by atoms with Crippen molar-refractivity contribution in [3.8, 4) is 34.3 Å². The van der Waals surface area contributed by atoms with Gasteiger partial charge in [-0.25, -0.2) is 0 Å². The number of hydrogen-bond donors (Lipinski definition) is 0. The second-order valence-electron chi connectivity index (χ2n) is 27.9. The maximum atomic E-state index is 5.83. The maximum absolute atomic E-state index is 5.83. The van der Waals surface area contributed by atoms with Crippen LogP contribution in [0.4, 0.5) is 10.0 Å². The lowest BCUT2D eigenvalue weighted by molar-refractivity contribution is 0.415. The number of benzene rings is 2. The van der Waals surface area contributed by atoms with Gasteiger partial charge in [0.2, 0.25) is 0 Å². The van der Waals surface area contributed by atoms with Gasteiger partial charge in [-0.3, -0.25) is 0 Å². The van der Waals surface area contributed by atoms with Gasteiger partial charge in [-0.1, -0.05) is 229 Å². The molecule has 0 saturated carbocycles. The molecule has 504 valence electrons. The third-order valence-electron chi connectivity index (χ3n) is 18.2. The molecule has 0 aliphatic rings. The molecule has 8 aromatic rings. The number of nitrogens with zero attached hydrogens (tertiary/aromatic N) is 10. The van der Waals surface area contributed by atoms with Gasteiger partial charge in [0.25, 0.3) is 0 Å². The number of ether oxygens (including phenoxy) is 2. The molecule has 0 spiro atoms. The molecule has 0 bridgehead atoms. The number of aryl methyl sites for hydroxylation is 1. The lowest BCUT2D eigenvalue weighted by Gasteiger charge is -2.23. The van der Waals surface area contributed by atoms with Crippen LogP contribution in [0.2, 0.25) is 0 Å². The van der Waals surface area contributed by atoms with Crippen LogP contribution in [0, 0.1) is 6.92 Å². The molecule has 92 heavy (non-hydrogen) atoms. The standard InChI is InChI=1S/C41H63N5OS.C37H55N5OS/c1-9-13-15-17-19-21-27-45(28-22-20-18-16-14-10-2)37-26-24-33(48-37)30-35-38(41(5,6)7)44-46-39(42-43-40(35)46)34-29-32(31(11-3)12-4)23-25-36(34)47-8;1-8-10-12-14-16-18-24-41(25-19-17-15-13-11-9-2)33-23-21-29(44-33)27-31-34(37(4,5)6)40-42-35(38-39-36(31)42)30-26-28(3)20-22-32(30)43-7/h23-26,29-31H,9-22,27-28H2,1-8H3;20-23,26-27H,8-19,24-25H2,1-7H3/b35-30-;31-27-. The van der Waals surface area contributed by atoms with E-state index in [2.05, 4.69) is 177 Å². The fourth-order valence-electron chi connectivity index (χ4n) is 12.7. The van der Waals surface area contributed by atoms with Crippen molar-refractivity contribution >= 4 is 56.1 Å². The summed E-state index contributed by atoms with van der Waals surface area (Å²) in [6.45, 7) is 33.7. The summed E-state index contributed by atoms with van der Waals surface area (Å²) in [5.41, 5.74) is 7.64. The van der Waals surface area contributed by atoms with Crippen LogP contribution in [0.1, 0.15) is 288 Å². The molecule has 0 amide bonds. The zero-order chi connectivity index (χ0) is 66.0. The molecule has 2 aromatic carbocycles. The quantitative estimate of drug-likeness (QED) is 0.0345. The van der Waals surface area contributed by atoms with Crippen molar-refractivity contribution in [2.75, 3.05) is 50.2 Å². The van der Waals surface area contributed by atoms with Gasteiger partial charge in [0, 0.05) is 57.2 Å². The first kappa shape index (κ1) is 73.5. The maximum Gasteiger partial charge on any atom is 0.189 e. The highest BCUT2D eigenvalue weighted by Crippen LogP contribution is 2.36. The summed E-state index contributed by atoms with van der Waals surface area (Å²) in [5.74, 6) is 3.50. The normalized spacial score (nSPS) is 12.5. The van der Waals surface area contributed by atoms with E-state index in [1.165, 1.54) is 179 Å². The Morgan fingerprint density at radius 3 is 1.16 bits per heavy atom. The first-order valence-corrected chi connectivity index (χ1v) is 37.7. The third-order valence-corrected chi connectivity index (χ3v) is 20.3. The molecule has 0 unspecified atom stereocenters. The van der Waals surface area contributed by atoms with E-state index in [9.17, 15) is 0 Å². The average molecular weight is 1290 g/mol. The molecular weight excluding hydrogens is 1170 g/mol. The lowest BCUT2D eigenvalue weighted by Crippen LogP contribution is -2.24. The monoisotopic (exact) mass is 1290 g/mol. The van der Waals surface area contributed by atoms with Crippen molar-refractivity contribution in [3.63, 3.8) is 0 Å². The van der Waals surface area contributed by atoms with Crippen molar-refractivity contribution in [3.05, 3.63) is 103 Å². The molecular formula is C78H118N10O2S2. The number of methoxy groups -OCH3 is 2. The Kier molecular flexibility index (Phi) is 29.8. The molecule has 0 atom stereocenters. The minimum atomic E-state index is -0.160. The topological polar surface area (TPSA) is 111 Å². The van der Waals surface area contributed by atoms with Crippen LogP contribution >= 0.6 is 22.7 Å². The first-order chi connectivity index (χ1) is 44.5. The van der Waals surface area contributed by atoms with Crippen molar-refractivity contribution in [1.82, 2.24) is 39.6 Å². The van der Waals surface area contributed by atoms with Crippen LogP contribution < -0.4 is 29.7 Å². The Morgan fingerprint density at radius 2 is 0.804 bits per heavy atom. The largest absolute Gasteiger partial charge is 0.496 e. The zero-order valence-corrected chi connectivity index (χ0v) is 61.5. The predicted octanol–water partition coefficient (Wildman–Crippen LogP) is 20.7. The number of thiophene rings is 2. The molecule has 0 radical (unpaired) electrons. The molecule has 0 saturated heterocycles. The molecule has 0 N–H and O–H groups in total. The van der Waals surface area contributed by atoms with E-state index in [0.717, 1.165) is 106 Å². The van der Waals surface area contributed by atoms with Crippen LogP contribution in [-0.4, -0.2) is 80.0 Å². The highest BCUT2D eigenvalue weighted by Gasteiger charge is 2.28. The predicted molar refractivity (Wildman–Crippen MR) is 395 cm³/mol. The molecule has 6 aromatic heterocycles. The van der Waals surface area contributed by atoms with Crippen molar-refractivity contribution in [2.24, 2.45) is 0 Å². The minimum absolute atomic E-state index is 0.151. The number of unbranched alkanes of at least 4 members (excludes halogenated alkanes) is 20. The highest BCUT2D eigenvalue weighted by molar-refractivity contribution is 7.17. The van der Waals surface area contributed by atoms with Gasteiger partial charge in [-0.2, -0.15) is 19.2 Å². The minimum Gasteiger partial charge on any atom is -0.496 e. The van der Waals surface area contributed by atoms with E-state index in [0.29, 0.717) is 11.7 Å². The van der Waals surface area contributed by atoms with Crippen LogP contribution in [0.15, 0.2) is 60.7 Å². The Morgan fingerprint density at radius 1 is 0.446 bits per heavy atom. The lowest BCUT2D eigenvalue weighted by atomic mass is 9.91. The van der Waals surface area contributed by atoms with Crippen LogP contribution in [0.3, 0.4) is 0 Å². The molecule has 0 aliphatic carbocycles. The summed E-state index contributed by atoms with van der Waals surface area (Å²) in [7, 11) is 3.42. The van der Waals surface area contributed by atoms with Crippen molar-refractivity contribution in [1.29, 1.82) is 0 Å². The van der Waals surface area contributed by atoms with Crippen molar-refractivity contribution in [2.45, 2.75) is 274 Å². The molecule has 14 heteroatoms. The highest BCUT2D eigenvalue weighted by atomic mass is 32.1. The second-order valence-corrected chi connectivity index (χ2v) is 30.1. The number of aromatic nitrogens is 8. The number of hydrogen-bond acceptors (Lipinski definition) is 12. The van der Waals surface area contributed by atoms with Gasteiger partial charge in [0.15, 0.2) is 22.9 Å². The van der Waals surface area contributed by atoms with E-state index in [1.54, 1.807) is 14.2 Å². The number of anilines is 2. The van der Waals surface area contributed by atoms with Crippen LogP contribution in [0.5, 0.6) is 11.5 Å². The summed E-state index contributed by atoms with van der Waals surface area (Å²) in [5, 5.41) is 33.9. The van der Waals surface area contributed by atoms with E-state index >= 15 is 0 Å². The fraction of sp³-hybridized carbons (Fsp3) is 0.615. The van der Waals surface area contributed by atoms with Gasteiger partial charge in [-0.05, 0) is 118 Å². The zero-order valence-electron chi connectivity index (χ0n) is 59.8. The second kappa shape index (κ2) is 37.3. The Bertz CT molecular complexity index is 3510. The summed E-state index contributed by atoms with van der Waals surface area (Å²) in [4.78, 5) is 7.76. The summed E-state index contributed by atoms with van der Waals surface area (Å²) < 4.78 is 15.4. The molecule has 6 heterocycles. The van der Waals surface area contributed by atoms with E-state index in [-0.39, 0.29) is 10.8 Å². The number of rotatable bonds is 39. The van der Waals surface area contributed by atoms with Gasteiger partial charge >= 0.3 is 0 Å². The van der Waals surface area contributed by atoms with Crippen LogP contribution in [-0.2, 0) is 10.8 Å². The number of fused-ring (bicyclic) bond motifs is 2. The summed E-state index contributed by atoms with van der Waals surface area (Å²) in [6, 6.07) is 21.8. The molecule has 0 fully saturated rings. The van der Waals surface area contributed by atoms with E-state index in [4.69, 9.17) is 29.9 Å². The van der Waals surface area contributed by atoms with Crippen LogP contribution in [0.25, 0.3) is 46.2 Å². The average Bonchev–Trinajstić information content (AvgIpc) is 1.62.